The Bertz CT molecular complexity index is 611. The number of rotatable bonds is 2. The normalized spacial score (nSPS) is 21.2. The summed E-state index contributed by atoms with van der Waals surface area (Å²) in [7, 11) is 0. The Morgan fingerprint density at radius 3 is 3.06 bits per heavy atom. The number of H-pyrrole nitrogens is 1. The number of imidazole rings is 1. The van der Waals surface area contributed by atoms with Crippen molar-refractivity contribution in [3.63, 3.8) is 0 Å². The van der Waals surface area contributed by atoms with Crippen LogP contribution < -0.4 is 5.43 Å². The summed E-state index contributed by atoms with van der Waals surface area (Å²) in [4.78, 5) is 17.2. The SMILES string of the molecule is CC(C)N1CCCC1c1cn2ccc(=O)cc2[nH]1. The van der Waals surface area contributed by atoms with Gasteiger partial charge in [0.25, 0.3) is 0 Å². The molecule has 0 amide bonds. The van der Waals surface area contributed by atoms with E-state index in [0.717, 1.165) is 12.2 Å². The fraction of sp³-hybridized carbons (Fsp3) is 0.500. The summed E-state index contributed by atoms with van der Waals surface area (Å²) in [6.07, 6.45) is 6.37. The Morgan fingerprint density at radius 1 is 1.44 bits per heavy atom. The second kappa shape index (κ2) is 4.28. The van der Waals surface area contributed by atoms with Gasteiger partial charge in [-0.15, -0.1) is 0 Å². The highest BCUT2D eigenvalue weighted by Gasteiger charge is 2.28. The van der Waals surface area contributed by atoms with E-state index in [-0.39, 0.29) is 5.43 Å². The highest BCUT2D eigenvalue weighted by molar-refractivity contribution is 5.40. The number of fused-ring (bicyclic) bond motifs is 1. The predicted octanol–water partition coefficient (Wildman–Crippen LogP) is 2.17. The van der Waals surface area contributed by atoms with Crippen LogP contribution in [0.15, 0.2) is 29.3 Å². The van der Waals surface area contributed by atoms with Crippen LogP contribution in [0.4, 0.5) is 0 Å². The lowest BCUT2D eigenvalue weighted by Crippen LogP contribution is -2.30. The summed E-state index contributed by atoms with van der Waals surface area (Å²) < 4.78 is 1.99. The van der Waals surface area contributed by atoms with Crippen molar-refractivity contribution >= 4 is 5.65 Å². The first-order chi connectivity index (χ1) is 8.65. The number of hydrogen-bond acceptors (Lipinski definition) is 2. The Kier molecular flexibility index (Phi) is 2.74. The lowest BCUT2D eigenvalue weighted by atomic mass is 10.1. The monoisotopic (exact) mass is 245 g/mol. The molecular formula is C14H19N3O. The number of nitrogens with one attached hydrogen (secondary N) is 1. The molecule has 0 aliphatic carbocycles. The molecule has 0 aromatic carbocycles. The quantitative estimate of drug-likeness (QED) is 0.881. The molecule has 2 aromatic rings. The average molecular weight is 245 g/mol. The van der Waals surface area contributed by atoms with Gasteiger partial charge in [-0.2, -0.15) is 0 Å². The number of pyridine rings is 1. The smallest absolute Gasteiger partial charge is 0.183 e. The molecule has 1 unspecified atom stereocenters. The topological polar surface area (TPSA) is 40.5 Å². The molecule has 1 aliphatic heterocycles. The molecule has 1 N–H and O–H groups in total. The van der Waals surface area contributed by atoms with Crippen LogP contribution in [0.25, 0.3) is 5.65 Å². The summed E-state index contributed by atoms with van der Waals surface area (Å²) in [5.41, 5.74) is 2.15. The first-order valence-electron chi connectivity index (χ1n) is 6.62. The molecule has 0 bridgehead atoms. The lowest BCUT2D eigenvalue weighted by Gasteiger charge is -2.27. The summed E-state index contributed by atoms with van der Waals surface area (Å²) in [6, 6.07) is 4.27. The molecule has 1 fully saturated rings. The van der Waals surface area contributed by atoms with Crippen molar-refractivity contribution in [1.82, 2.24) is 14.3 Å². The van der Waals surface area contributed by atoms with Gasteiger partial charge in [-0.25, -0.2) is 0 Å². The van der Waals surface area contributed by atoms with Gasteiger partial charge in [-0.1, -0.05) is 0 Å². The zero-order valence-electron chi connectivity index (χ0n) is 10.9. The van der Waals surface area contributed by atoms with E-state index in [0.29, 0.717) is 12.1 Å². The van der Waals surface area contributed by atoms with Crippen LogP contribution in [-0.4, -0.2) is 26.9 Å². The Labute approximate surface area is 106 Å². The predicted molar refractivity (Wildman–Crippen MR) is 71.8 cm³/mol. The highest BCUT2D eigenvalue weighted by Crippen LogP contribution is 2.32. The standard InChI is InChI=1S/C14H19N3O/c1-10(2)17-6-3-4-13(17)12-9-16-7-5-11(18)8-14(16)15-12/h5,7-10,13,15H,3-4,6H2,1-2H3. The number of nitrogens with zero attached hydrogens (tertiary/aromatic N) is 2. The van der Waals surface area contributed by atoms with E-state index in [4.69, 9.17) is 0 Å². The molecule has 18 heavy (non-hydrogen) atoms. The molecule has 2 aromatic heterocycles. The van der Waals surface area contributed by atoms with Gasteiger partial charge in [0.1, 0.15) is 5.65 Å². The van der Waals surface area contributed by atoms with Crippen LogP contribution in [0.3, 0.4) is 0 Å². The molecule has 0 spiro atoms. The summed E-state index contributed by atoms with van der Waals surface area (Å²) in [5, 5.41) is 0. The largest absolute Gasteiger partial charge is 0.342 e. The van der Waals surface area contributed by atoms with E-state index in [1.807, 2.05) is 10.6 Å². The summed E-state index contributed by atoms with van der Waals surface area (Å²) in [6.45, 7) is 5.64. The average Bonchev–Trinajstić information content (AvgIpc) is 2.93. The summed E-state index contributed by atoms with van der Waals surface area (Å²) >= 11 is 0. The van der Waals surface area contributed by atoms with E-state index >= 15 is 0 Å². The molecule has 0 saturated carbocycles. The van der Waals surface area contributed by atoms with Crippen molar-refractivity contribution in [2.45, 2.75) is 38.8 Å². The van der Waals surface area contributed by atoms with Crippen LogP contribution in [0.1, 0.15) is 38.4 Å². The zero-order chi connectivity index (χ0) is 12.7. The van der Waals surface area contributed by atoms with Gasteiger partial charge in [-0.05, 0) is 33.2 Å². The van der Waals surface area contributed by atoms with E-state index in [2.05, 4.69) is 29.9 Å². The number of likely N-dealkylation sites (tertiary alicyclic amines) is 1. The van der Waals surface area contributed by atoms with Crippen molar-refractivity contribution in [3.8, 4) is 0 Å². The number of aromatic nitrogens is 2. The Balaban J connectivity index is 2.01. The van der Waals surface area contributed by atoms with Crippen molar-refractivity contribution in [2.24, 2.45) is 0 Å². The molecule has 1 atom stereocenters. The maximum Gasteiger partial charge on any atom is 0.183 e. The Morgan fingerprint density at radius 2 is 2.28 bits per heavy atom. The zero-order valence-corrected chi connectivity index (χ0v) is 10.9. The van der Waals surface area contributed by atoms with Crippen molar-refractivity contribution in [3.05, 3.63) is 40.4 Å². The second-order valence-electron chi connectivity index (χ2n) is 5.35. The third kappa shape index (κ3) is 1.86. The van der Waals surface area contributed by atoms with E-state index in [1.165, 1.54) is 18.5 Å². The molecule has 3 heterocycles. The van der Waals surface area contributed by atoms with Crippen LogP contribution in [-0.2, 0) is 0 Å². The number of hydrogen-bond donors (Lipinski definition) is 1. The minimum atomic E-state index is 0.0514. The highest BCUT2D eigenvalue weighted by atomic mass is 16.1. The first-order valence-corrected chi connectivity index (χ1v) is 6.62. The number of aromatic amines is 1. The molecule has 1 saturated heterocycles. The van der Waals surface area contributed by atoms with Gasteiger partial charge in [-0.3, -0.25) is 9.69 Å². The van der Waals surface area contributed by atoms with E-state index in [9.17, 15) is 4.79 Å². The maximum atomic E-state index is 11.3. The fourth-order valence-electron chi connectivity index (χ4n) is 2.95. The van der Waals surface area contributed by atoms with Gasteiger partial charge in [0.05, 0.1) is 11.7 Å². The summed E-state index contributed by atoms with van der Waals surface area (Å²) in [5.74, 6) is 0. The van der Waals surface area contributed by atoms with Crippen LogP contribution >= 0.6 is 0 Å². The van der Waals surface area contributed by atoms with Crippen molar-refractivity contribution in [1.29, 1.82) is 0 Å². The Hall–Kier alpha value is -1.55. The van der Waals surface area contributed by atoms with Crippen LogP contribution in [0.5, 0.6) is 0 Å². The molecule has 1 aliphatic rings. The van der Waals surface area contributed by atoms with Gasteiger partial charge in [0.2, 0.25) is 0 Å². The third-order valence-electron chi connectivity index (χ3n) is 3.82. The van der Waals surface area contributed by atoms with Crippen molar-refractivity contribution in [2.75, 3.05) is 6.54 Å². The first kappa shape index (κ1) is 11.5. The van der Waals surface area contributed by atoms with Gasteiger partial charge < -0.3 is 9.38 Å². The van der Waals surface area contributed by atoms with Gasteiger partial charge in [0.15, 0.2) is 5.43 Å². The molecular weight excluding hydrogens is 226 g/mol. The second-order valence-corrected chi connectivity index (χ2v) is 5.35. The minimum Gasteiger partial charge on any atom is -0.342 e. The molecule has 4 nitrogen and oxygen atoms in total. The third-order valence-corrected chi connectivity index (χ3v) is 3.82. The fourth-order valence-corrected chi connectivity index (χ4v) is 2.95. The molecule has 0 radical (unpaired) electrons. The molecule has 3 rings (SSSR count). The molecule has 4 heteroatoms. The van der Waals surface area contributed by atoms with Gasteiger partial charge in [0, 0.05) is 30.6 Å². The van der Waals surface area contributed by atoms with Crippen LogP contribution in [0.2, 0.25) is 0 Å². The minimum absolute atomic E-state index is 0.0514. The van der Waals surface area contributed by atoms with Crippen molar-refractivity contribution < 1.29 is 0 Å². The van der Waals surface area contributed by atoms with E-state index < -0.39 is 0 Å². The lowest BCUT2D eigenvalue weighted by molar-refractivity contribution is 0.202. The van der Waals surface area contributed by atoms with Crippen LogP contribution in [0, 0.1) is 0 Å². The van der Waals surface area contributed by atoms with E-state index in [1.54, 1.807) is 12.1 Å². The molecule has 96 valence electrons. The maximum absolute atomic E-state index is 11.3. The van der Waals surface area contributed by atoms with Gasteiger partial charge >= 0.3 is 0 Å².